The quantitative estimate of drug-likeness (QED) is 0.150. The van der Waals surface area contributed by atoms with Gasteiger partial charge in [0.25, 0.3) is 0 Å². The Morgan fingerprint density at radius 3 is 2.56 bits per heavy atom. The van der Waals surface area contributed by atoms with Crippen molar-refractivity contribution in [3.8, 4) is 41.2 Å². The number of phenols is 1. The summed E-state index contributed by atoms with van der Waals surface area (Å²) in [6.45, 7) is 5.10. The van der Waals surface area contributed by atoms with Gasteiger partial charge in [0.2, 0.25) is 5.88 Å². The first-order valence-electron chi connectivity index (χ1n) is 16.4. The molecule has 4 atom stereocenters. The number of phenolic OH excluding ortho intramolecular Hbond substituents is 1. The Morgan fingerprint density at radius 2 is 1.86 bits per heavy atom. The summed E-state index contributed by atoms with van der Waals surface area (Å²) in [5.41, 5.74) is -0.835. The van der Waals surface area contributed by atoms with Crippen molar-refractivity contribution in [3.63, 3.8) is 0 Å². The van der Waals surface area contributed by atoms with Crippen molar-refractivity contribution in [1.82, 2.24) is 25.2 Å². The Bertz CT molecular complexity index is 2110. The summed E-state index contributed by atoms with van der Waals surface area (Å²) < 4.78 is 85.5. The Labute approximate surface area is 284 Å². The molecule has 14 heteroatoms. The predicted octanol–water partition coefficient (Wildman–Crippen LogP) is 5.72. The van der Waals surface area contributed by atoms with E-state index in [0.717, 1.165) is 24.5 Å². The van der Waals surface area contributed by atoms with Crippen LogP contribution in [0.5, 0.6) is 17.6 Å². The molecular formula is C36H33F5N6O3. The monoisotopic (exact) mass is 692 g/mol. The van der Waals surface area contributed by atoms with Crippen LogP contribution in [0.2, 0.25) is 0 Å². The summed E-state index contributed by atoms with van der Waals surface area (Å²) in [6.07, 6.45) is 3.36. The molecule has 4 aliphatic rings. The molecule has 9 nitrogen and oxygen atoms in total. The molecule has 0 spiro atoms. The summed E-state index contributed by atoms with van der Waals surface area (Å²) in [7, 11) is 1.37. The zero-order chi connectivity index (χ0) is 35.1. The maximum atomic E-state index is 17.1. The van der Waals surface area contributed by atoms with Gasteiger partial charge >= 0.3 is 12.2 Å². The molecular weight excluding hydrogens is 659 g/mol. The number of hydrogen-bond donors (Lipinski definition) is 2. The van der Waals surface area contributed by atoms with Crippen LogP contribution in [0.4, 0.5) is 27.8 Å². The van der Waals surface area contributed by atoms with E-state index in [-0.39, 0.29) is 82.4 Å². The molecule has 2 aromatic carbocycles. The molecule has 0 aliphatic carbocycles. The van der Waals surface area contributed by atoms with Crippen LogP contribution in [0.25, 0.3) is 32.9 Å². The Hall–Kier alpha value is -4.74. The number of benzene rings is 2. The number of alkyl halides is 3. The summed E-state index contributed by atoms with van der Waals surface area (Å²) in [5, 5.41) is 14.9. The largest absolute Gasteiger partial charge is 0.508 e. The number of rotatable bonds is 6. The van der Waals surface area contributed by atoms with E-state index in [2.05, 4.69) is 27.8 Å². The zero-order valence-corrected chi connectivity index (χ0v) is 27.1. The average Bonchev–Trinajstić information content (AvgIpc) is 3.71. The van der Waals surface area contributed by atoms with E-state index in [1.165, 1.54) is 25.3 Å². The first-order chi connectivity index (χ1) is 23.9. The number of pyridine rings is 1. The molecule has 4 fully saturated rings. The normalized spacial score (nSPS) is 25.0. The van der Waals surface area contributed by atoms with Crippen molar-refractivity contribution in [1.29, 1.82) is 0 Å². The van der Waals surface area contributed by atoms with Crippen molar-refractivity contribution in [2.45, 2.75) is 49.5 Å². The third-order valence-corrected chi connectivity index (χ3v) is 10.5. The third-order valence-electron chi connectivity index (χ3n) is 10.5. The fourth-order valence-electron chi connectivity index (χ4n) is 8.38. The van der Waals surface area contributed by atoms with Crippen molar-refractivity contribution in [2.75, 3.05) is 44.8 Å². The van der Waals surface area contributed by atoms with Gasteiger partial charge in [0.05, 0.1) is 24.1 Å². The van der Waals surface area contributed by atoms with E-state index in [9.17, 15) is 22.7 Å². The second kappa shape index (κ2) is 11.7. The van der Waals surface area contributed by atoms with E-state index in [4.69, 9.17) is 20.9 Å². The number of anilines is 1. The van der Waals surface area contributed by atoms with Crippen LogP contribution in [0.15, 0.2) is 36.4 Å². The van der Waals surface area contributed by atoms with Gasteiger partial charge in [0.15, 0.2) is 5.82 Å². The van der Waals surface area contributed by atoms with E-state index in [1.54, 1.807) is 4.90 Å². The Balaban J connectivity index is 1.30. The summed E-state index contributed by atoms with van der Waals surface area (Å²) in [4.78, 5) is 17.5. The van der Waals surface area contributed by atoms with Crippen molar-refractivity contribution in [2.24, 2.45) is 5.92 Å². The van der Waals surface area contributed by atoms with Gasteiger partial charge in [0, 0.05) is 49.2 Å². The van der Waals surface area contributed by atoms with Crippen LogP contribution in [-0.4, -0.2) is 88.7 Å². The number of nitrogens with one attached hydrogen (secondary N) is 1. The molecule has 2 bridgehead atoms. The van der Waals surface area contributed by atoms with Crippen LogP contribution >= 0.6 is 0 Å². The zero-order valence-electron chi connectivity index (χ0n) is 27.1. The van der Waals surface area contributed by atoms with E-state index in [0.29, 0.717) is 37.3 Å². The number of aromatic nitrogens is 3. The Kier molecular flexibility index (Phi) is 7.57. The maximum Gasteiger partial charge on any atom is 0.393 e. The lowest BCUT2D eigenvalue weighted by Crippen LogP contribution is -2.51. The van der Waals surface area contributed by atoms with E-state index >= 15 is 4.39 Å². The van der Waals surface area contributed by atoms with Gasteiger partial charge in [-0.25, -0.2) is 13.8 Å². The fourth-order valence-corrected chi connectivity index (χ4v) is 8.38. The third kappa shape index (κ3) is 5.25. The SMILES string of the molecule is C#Cc1c(F)ccc2cc(O)cc(-c3nc(OC)c4c(N5CC6CCC(C5)N6)nc(OCC56CC(=C)CN5CC(C(F)(F)F)C6)nc4c3F)c12. The number of hydrogen-bond acceptors (Lipinski definition) is 9. The molecule has 6 heterocycles. The first kappa shape index (κ1) is 32.5. The molecule has 50 heavy (non-hydrogen) atoms. The lowest BCUT2D eigenvalue weighted by atomic mass is 9.89. The maximum absolute atomic E-state index is 17.1. The number of nitrogens with zero attached hydrogens (tertiary/aromatic N) is 5. The van der Waals surface area contributed by atoms with E-state index in [1.807, 2.05) is 4.90 Å². The summed E-state index contributed by atoms with van der Waals surface area (Å²) in [5.74, 6) is -0.793. The lowest BCUT2D eigenvalue weighted by molar-refractivity contribution is -0.171. The van der Waals surface area contributed by atoms with Crippen LogP contribution < -0.4 is 19.7 Å². The molecule has 4 unspecified atom stereocenters. The minimum atomic E-state index is -4.37. The standard InChI is InChI=1S/C36H33F5N6O3/c1-4-24-26(37)8-5-19-9-23(48)10-25(27(19)24)30-29(38)31-28(33(43-30)49-3)32(46-15-21-6-7-22(16-46)42-21)45-34(44-31)50-17-35-11-18(2)13-47(35)14-20(12-35)36(39,40)41/h1,5,8-10,20-22,42,48H,2,6-7,11-17H2,3H3. The summed E-state index contributed by atoms with van der Waals surface area (Å²) >= 11 is 0. The topological polar surface area (TPSA) is 95.9 Å². The number of methoxy groups -OCH3 is 1. The number of aromatic hydroxyl groups is 1. The molecule has 0 amide bonds. The van der Waals surface area contributed by atoms with Gasteiger partial charge in [-0.05, 0) is 49.3 Å². The van der Waals surface area contributed by atoms with Crippen molar-refractivity contribution < 1.29 is 36.5 Å². The number of halogens is 5. The van der Waals surface area contributed by atoms with Gasteiger partial charge < -0.3 is 24.8 Å². The molecule has 4 aliphatic heterocycles. The lowest BCUT2D eigenvalue weighted by Gasteiger charge is -2.34. The molecule has 2 N–H and O–H groups in total. The molecule has 2 aromatic heterocycles. The van der Waals surface area contributed by atoms with Gasteiger partial charge in [-0.1, -0.05) is 24.1 Å². The number of fused-ring (bicyclic) bond motifs is 5. The van der Waals surface area contributed by atoms with Gasteiger partial charge in [0.1, 0.15) is 40.6 Å². The van der Waals surface area contributed by atoms with Crippen molar-refractivity contribution in [3.05, 3.63) is 53.6 Å². The van der Waals surface area contributed by atoms with Crippen molar-refractivity contribution >= 4 is 27.5 Å². The molecule has 4 aromatic rings. The number of ether oxygens (including phenoxy) is 2. The average molecular weight is 693 g/mol. The molecule has 260 valence electrons. The van der Waals surface area contributed by atoms with Gasteiger partial charge in [-0.3, -0.25) is 4.90 Å². The Morgan fingerprint density at radius 1 is 1.10 bits per heavy atom. The minimum absolute atomic E-state index is 0.0103. The highest BCUT2D eigenvalue weighted by Gasteiger charge is 2.57. The smallest absolute Gasteiger partial charge is 0.393 e. The van der Waals surface area contributed by atoms with Crippen LogP contribution in [0.3, 0.4) is 0 Å². The predicted molar refractivity (Wildman–Crippen MR) is 176 cm³/mol. The number of piperazine rings is 1. The highest BCUT2D eigenvalue weighted by molar-refractivity contribution is 6.04. The summed E-state index contributed by atoms with van der Waals surface area (Å²) in [6, 6.07) is 5.31. The van der Waals surface area contributed by atoms with Gasteiger partial charge in [-0.15, -0.1) is 6.42 Å². The van der Waals surface area contributed by atoms with Crippen LogP contribution in [0, 0.1) is 29.9 Å². The van der Waals surface area contributed by atoms with Gasteiger partial charge in [-0.2, -0.15) is 23.1 Å². The highest BCUT2D eigenvalue weighted by atomic mass is 19.4. The van der Waals surface area contributed by atoms with Crippen LogP contribution in [-0.2, 0) is 0 Å². The second-order valence-corrected chi connectivity index (χ2v) is 13.8. The second-order valence-electron chi connectivity index (χ2n) is 13.8. The molecule has 0 saturated carbocycles. The fraction of sp³-hybridized carbons (Fsp3) is 0.417. The molecule has 4 saturated heterocycles. The van der Waals surface area contributed by atoms with E-state index < -0.39 is 29.3 Å². The highest BCUT2D eigenvalue weighted by Crippen LogP contribution is 2.49. The minimum Gasteiger partial charge on any atom is -0.508 e. The first-order valence-corrected chi connectivity index (χ1v) is 16.4. The molecule has 8 rings (SSSR count). The van der Waals surface area contributed by atoms with Crippen LogP contribution in [0.1, 0.15) is 31.2 Å². The number of terminal acetylenes is 1. The molecule has 0 radical (unpaired) electrons.